The van der Waals surface area contributed by atoms with Crippen molar-refractivity contribution >= 4 is 40.1 Å². The van der Waals surface area contributed by atoms with E-state index in [4.69, 9.17) is 16.0 Å². The number of hydrogen-bond donors (Lipinski definition) is 0. The molecule has 0 bridgehead atoms. The van der Waals surface area contributed by atoms with Crippen molar-refractivity contribution < 1.29 is 14.0 Å². The van der Waals surface area contributed by atoms with E-state index in [1.165, 1.54) is 11.0 Å². The minimum atomic E-state index is -1.65. The van der Waals surface area contributed by atoms with Crippen LogP contribution in [-0.4, -0.2) is 23.3 Å². The number of amides is 2. The fourth-order valence-electron chi connectivity index (χ4n) is 5.73. The molecular formula is C29H23ClN2O4. The zero-order valence-electron chi connectivity index (χ0n) is 19.8. The van der Waals surface area contributed by atoms with E-state index in [2.05, 4.69) is 0 Å². The van der Waals surface area contributed by atoms with Crippen molar-refractivity contribution in [2.24, 2.45) is 0 Å². The highest BCUT2D eigenvalue weighted by Crippen LogP contribution is 2.55. The van der Waals surface area contributed by atoms with Crippen molar-refractivity contribution in [1.29, 1.82) is 0 Å². The molecule has 2 aliphatic heterocycles. The molecule has 0 saturated heterocycles. The Bertz CT molecular complexity index is 1610. The van der Waals surface area contributed by atoms with Gasteiger partial charge in [0.25, 0.3) is 11.8 Å². The summed E-state index contributed by atoms with van der Waals surface area (Å²) in [4.78, 5) is 46.0. The monoisotopic (exact) mass is 498 g/mol. The molecule has 0 fully saturated rings. The van der Waals surface area contributed by atoms with Crippen LogP contribution < -0.4 is 10.3 Å². The molecule has 0 radical (unpaired) electrons. The zero-order valence-corrected chi connectivity index (χ0v) is 20.6. The van der Waals surface area contributed by atoms with Crippen LogP contribution >= 0.6 is 11.6 Å². The number of nitrogens with zero attached hydrogens (tertiary/aromatic N) is 2. The molecule has 1 spiro atoms. The van der Waals surface area contributed by atoms with E-state index < -0.39 is 22.9 Å². The average molecular weight is 499 g/mol. The van der Waals surface area contributed by atoms with Gasteiger partial charge in [-0.1, -0.05) is 67.1 Å². The molecule has 1 aromatic heterocycles. The maximum absolute atomic E-state index is 14.5. The van der Waals surface area contributed by atoms with Gasteiger partial charge >= 0.3 is 0 Å². The number of hydrogen-bond acceptors (Lipinski definition) is 4. The number of carbonyl (C=O) groups is 2. The summed E-state index contributed by atoms with van der Waals surface area (Å²) in [6.45, 7) is 4.32. The van der Waals surface area contributed by atoms with Gasteiger partial charge < -0.3 is 14.2 Å². The lowest BCUT2D eigenvalue weighted by Crippen LogP contribution is -2.54. The van der Waals surface area contributed by atoms with E-state index >= 15 is 0 Å². The lowest BCUT2D eigenvalue weighted by molar-refractivity contribution is -0.127. The Kier molecular flexibility index (Phi) is 5.05. The first-order valence-electron chi connectivity index (χ1n) is 12.0. The summed E-state index contributed by atoms with van der Waals surface area (Å²) in [5.74, 6) is -0.912. The predicted octanol–water partition coefficient (Wildman–Crippen LogP) is 5.66. The Hall–Kier alpha value is -3.90. The minimum absolute atomic E-state index is 0.0566. The van der Waals surface area contributed by atoms with Crippen LogP contribution in [0.25, 0.3) is 11.0 Å². The van der Waals surface area contributed by atoms with E-state index in [1.807, 2.05) is 68.4 Å². The van der Waals surface area contributed by atoms with Crippen molar-refractivity contribution in [1.82, 2.24) is 4.90 Å². The average Bonchev–Trinajstić information content (AvgIpc) is 3.29. The van der Waals surface area contributed by atoms with Crippen LogP contribution in [0.1, 0.15) is 53.6 Å². The van der Waals surface area contributed by atoms with Crippen LogP contribution in [0.2, 0.25) is 5.02 Å². The van der Waals surface area contributed by atoms with Gasteiger partial charge in [-0.15, -0.1) is 0 Å². The fraction of sp³-hybridized carbons (Fsp3) is 0.207. The van der Waals surface area contributed by atoms with Crippen LogP contribution in [0.5, 0.6) is 0 Å². The Morgan fingerprint density at radius 1 is 0.972 bits per heavy atom. The van der Waals surface area contributed by atoms with Crippen molar-refractivity contribution in [3.05, 3.63) is 110 Å². The molecule has 0 aliphatic carbocycles. The number of halogens is 1. The molecule has 2 amide bonds. The van der Waals surface area contributed by atoms with Gasteiger partial charge in [0.2, 0.25) is 5.76 Å². The lowest BCUT2D eigenvalue weighted by atomic mass is 9.83. The van der Waals surface area contributed by atoms with Gasteiger partial charge in [0.05, 0.1) is 22.7 Å². The second-order valence-corrected chi connectivity index (χ2v) is 9.66. The maximum Gasteiger partial charge on any atom is 0.292 e. The third-order valence-electron chi connectivity index (χ3n) is 7.24. The number of carbonyl (C=O) groups excluding carboxylic acids is 2. The fourth-order valence-corrected chi connectivity index (χ4v) is 5.90. The van der Waals surface area contributed by atoms with E-state index in [1.54, 1.807) is 17.0 Å². The van der Waals surface area contributed by atoms with Gasteiger partial charge in [0.15, 0.2) is 11.0 Å². The smallest absolute Gasteiger partial charge is 0.292 e. The molecule has 3 aromatic carbocycles. The van der Waals surface area contributed by atoms with Gasteiger partial charge in [-0.25, -0.2) is 0 Å². The number of anilines is 1. The van der Waals surface area contributed by atoms with Crippen molar-refractivity contribution in [3.8, 4) is 0 Å². The quantitative estimate of drug-likeness (QED) is 0.364. The topological polar surface area (TPSA) is 70.8 Å². The third kappa shape index (κ3) is 2.82. The molecule has 180 valence electrons. The SMILES string of the molecule is CCCN1C(=O)C2(c3ccccc31)c1c(oc3ccc(Cl)cc3c1=O)C(=O)N2C(C)c1ccccc1. The highest BCUT2D eigenvalue weighted by molar-refractivity contribution is 6.31. The standard InChI is InChI=1S/C29H23ClN2O4/c1-3-15-31-22-12-8-7-11-21(22)29(28(31)35)24-25(33)20-16-19(30)13-14-23(20)36-26(24)27(34)32(29)17(2)18-9-5-4-6-10-18/h4-14,16-17H,3,15H2,1-2H3. The van der Waals surface area contributed by atoms with E-state index in [9.17, 15) is 14.4 Å². The molecular weight excluding hydrogens is 476 g/mol. The molecule has 36 heavy (non-hydrogen) atoms. The Morgan fingerprint density at radius 3 is 2.44 bits per heavy atom. The first-order chi connectivity index (χ1) is 17.4. The van der Waals surface area contributed by atoms with Gasteiger partial charge in [0.1, 0.15) is 5.58 Å². The van der Waals surface area contributed by atoms with E-state index in [-0.39, 0.29) is 28.2 Å². The Morgan fingerprint density at radius 2 is 1.69 bits per heavy atom. The van der Waals surface area contributed by atoms with Crippen LogP contribution in [0.3, 0.4) is 0 Å². The number of fused-ring (bicyclic) bond motifs is 5. The molecule has 2 atom stereocenters. The summed E-state index contributed by atoms with van der Waals surface area (Å²) >= 11 is 6.22. The highest BCUT2D eigenvalue weighted by Gasteiger charge is 2.66. The maximum atomic E-state index is 14.5. The molecule has 3 heterocycles. The molecule has 7 heteroatoms. The third-order valence-corrected chi connectivity index (χ3v) is 7.48. The lowest BCUT2D eigenvalue weighted by Gasteiger charge is -2.38. The van der Waals surface area contributed by atoms with Gasteiger partial charge in [-0.3, -0.25) is 14.4 Å². The molecule has 6 nitrogen and oxygen atoms in total. The summed E-state index contributed by atoms with van der Waals surface area (Å²) in [6, 6.07) is 21.1. The van der Waals surface area contributed by atoms with Crippen LogP contribution in [-0.2, 0) is 10.3 Å². The minimum Gasteiger partial charge on any atom is -0.450 e. The molecule has 6 rings (SSSR count). The van der Waals surface area contributed by atoms with Crippen molar-refractivity contribution in [3.63, 3.8) is 0 Å². The van der Waals surface area contributed by atoms with Gasteiger partial charge in [-0.05, 0) is 43.2 Å². The van der Waals surface area contributed by atoms with Crippen molar-refractivity contribution in [2.45, 2.75) is 31.8 Å². The summed E-state index contributed by atoms with van der Waals surface area (Å²) in [5, 5.41) is 0.607. The second kappa shape index (κ2) is 8.07. The Labute approximate surface area is 212 Å². The predicted molar refractivity (Wildman–Crippen MR) is 138 cm³/mol. The first-order valence-corrected chi connectivity index (χ1v) is 12.4. The molecule has 2 unspecified atom stereocenters. The highest BCUT2D eigenvalue weighted by atomic mass is 35.5. The molecule has 2 aliphatic rings. The van der Waals surface area contributed by atoms with Crippen LogP contribution in [0, 0.1) is 0 Å². The largest absolute Gasteiger partial charge is 0.450 e. The van der Waals surface area contributed by atoms with Crippen molar-refractivity contribution in [2.75, 3.05) is 11.4 Å². The molecule has 4 aromatic rings. The normalized spacial score (nSPS) is 19.3. The van der Waals surface area contributed by atoms with Crippen LogP contribution in [0.15, 0.2) is 82.0 Å². The van der Waals surface area contributed by atoms with E-state index in [0.717, 1.165) is 5.56 Å². The summed E-state index contributed by atoms with van der Waals surface area (Å²) in [6.07, 6.45) is 0.715. The first kappa shape index (κ1) is 22.6. The summed E-state index contributed by atoms with van der Waals surface area (Å²) in [5.41, 5.74) is 0.382. The number of rotatable bonds is 4. The summed E-state index contributed by atoms with van der Waals surface area (Å²) < 4.78 is 6.09. The number of benzene rings is 3. The zero-order chi connectivity index (χ0) is 25.2. The summed E-state index contributed by atoms with van der Waals surface area (Å²) in [7, 11) is 0. The van der Waals surface area contributed by atoms with Gasteiger partial charge in [-0.2, -0.15) is 0 Å². The molecule has 0 saturated carbocycles. The number of para-hydroxylation sites is 1. The molecule has 0 N–H and O–H groups in total. The van der Waals surface area contributed by atoms with Gasteiger partial charge in [0, 0.05) is 17.1 Å². The Balaban J connectivity index is 1.74. The second-order valence-electron chi connectivity index (χ2n) is 9.22. The van der Waals surface area contributed by atoms with Crippen LogP contribution in [0.4, 0.5) is 5.69 Å². The van der Waals surface area contributed by atoms with E-state index in [0.29, 0.717) is 29.2 Å².